The predicted octanol–water partition coefficient (Wildman–Crippen LogP) is 12.4. The Morgan fingerprint density at radius 2 is 0.873 bits per heavy atom. The van der Waals surface area contributed by atoms with Crippen LogP contribution in [0.1, 0.15) is 11.1 Å². The van der Waals surface area contributed by atoms with Gasteiger partial charge in [-0.15, -0.1) is 0 Å². The summed E-state index contributed by atoms with van der Waals surface area (Å²) < 4.78 is 6.99. The van der Waals surface area contributed by atoms with Gasteiger partial charge in [-0.25, -0.2) is 0 Å². The summed E-state index contributed by atoms with van der Waals surface area (Å²) in [7, 11) is 0. The lowest BCUT2D eigenvalue weighted by Gasteiger charge is -2.17. The minimum Gasteiger partial charge on any atom is -0.309 e. The van der Waals surface area contributed by atoms with E-state index in [2.05, 4.69) is 153 Å². The van der Waals surface area contributed by atoms with Gasteiger partial charge in [0, 0.05) is 49.1 Å². The zero-order valence-corrected chi connectivity index (χ0v) is 29.5. The molecule has 0 amide bonds. The number of fused-ring (bicyclic) bond motifs is 9. The predicted molar refractivity (Wildman–Crippen MR) is 224 cm³/mol. The van der Waals surface area contributed by atoms with Crippen molar-refractivity contribution in [2.75, 3.05) is 0 Å². The third kappa shape index (κ3) is 4.39. The maximum atomic E-state index is 10.6. The summed E-state index contributed by atoms with van der Waals surface area (Å²) in [5.74, 6) is 0. The molecule has 0 radical (unpaired) electrons. The second kappa shape index (κ2) is 11.8. The van der Waals surface area contributed by atoms with E-state index < -0.39 is 0 Å². The van der Waals surface area contributed by atoms with Crippen molar-refractivity contribution >= 4 is 65.4 Å². The van der Waals surface area contributed by atoms with Gasteiger partial charge >= 0.3 is 0 Å². The molecule has 0 unspecified atom stereocenters. The van der Waals surface area contributed by atoms with Crippen molar-refractivity contribution in [3.8, 4) is 40.3 Å². The molecule has 11 rings (SSSR count). The smallest absolute Gasteiger partial charge is 0.0998 e. The summed E-state index contributed by atoms with van der Waals surface area (Å²) in [6.07, 6.45) is 0. The van der Waals surface area contributed by atoms with Gasteiger partial charge < -0.3 is 13.7 Å². The van der Waals surface area contributed by atoms with Gasteiger partial charge in [0.15, 0.2) is 0 Å². The molecule has 3 aromatic heterocycles. The fourth-order valence-corrected chi connectivity index (χ4v) is 8.84. The SMILES string of the molecule is N#Cc1ccc2c(c1)c1ccccc1n2-c1ccc(C#N)c(-c2ccccc2-n2c3ccccc3c3c(-n4c5ccccc5c5ccccc54)cccc32)c1. The summed E-state index contributed by atoms with van der Waals surface area (Å²) >= 11 is 0. The highest BCUT2D eigenvalue weighted by molar-refractivity contribution is 6.17. The van der Waals surface area contributed by atoms with E-state index in [1.807, 2.05) is 48.5 Å². The Balaban J connectivity index is 1.19. The van der Waals surface area contributed by atoms with E-state index in [0.717, 1.165) is 82.8 Å². The Morgan fingerprint density at radius 1 is 0.345 bits per heavy atom. The molecule has 8 aromatic carbocycles. The molecule has 0 saturated carbocycles. The van der Waals surface area contributed by atoms with E-state index in [9.17, 15) is 10.5 Å². The molecule has 0 aliphatic rings. The number of hydrogen-bond acceptors (Lipinski definition) is 2. The summed E-state index contributed by atoms with van der Waals surface area (Å²) in [6.45, 7) is 0. The Kier molecular flexibility index (Phi) is 6.61. The number of benzene rings is 8. The first-order chi connectivity index (χ1) is 27.2. The Hall–Kier alpha value is -7.86. The van der Waals surface area contributed by atoms with Crippen LogP contribution in [0.2, 0.25) is 0 Å². The van der Waals surface area contributed by atoms with E-state index in [4.69, 9.17) is 0 Å². The molecule has 0 fully saturated rings. The fraction of sp³-hybridized carbons (Fsp3) is 0. The van der Waals surface area contributed by atoms with Crippen LogP contribution >= 0.6 is 0 Å². The van der Waals surface area contributed by atoms with E-state index in [-0.39, 0.29) is 0 Å². The molecule has 5 nitrogen and oxygen atoms in total. The van der Waals surface area contributed by atoms with Gasteiger partial charge in [0.05, 0.1) is 67.7 Å². The third-order valence-corrected chi connectivity index (χ3v) is 11.1. The summed E-state index contributed by atoms with van der Waals surface area (Å²) in [6, 6.07) is 65.9. The summed E-state index contributed by atoms with van der Waals surface area (Å²) in [4.78, 5) is 0. The molecule has 11 aromatic rings. The molecule has 0 saturated heterocycles. The van der Waals surface area contributed by atoms with Crippen LogP contribution in [0.15, 0.2) is 176 Å². The minimum absolute atomic E-state index is 0.593. The Labute approximate surface area is 316 Å². The first-order valence-corrected chi connectivity index (χ1v) is 18.3. The molecular weight excluding hydrogens is 671 g/mol. The van der Waals surface area contributed by atoms with E-state index in [0.29, 0.717) is 11.1 Å². The average molecular weight is 700 g/mol. The van der Waals surface area contributed by atoms with Crippen LogP contribution in [0.4, 0.5) is 0 Å². The minimum atomic E-state index is 0.593. The first kappa shape index (κ1) is 30.7. The Morgan fingerprint density at radius 3 is 1.56 bits per heavy atom. The lowest BCUT2D eigenvalue weighted by Crippen LogP contribution is -2.00. The maximum Gasteiger partial charge on any atom is 0.0998 e. The number of hydrogen-bond donors (Lipinski definition) is 0. The molecule has 5 heteroatoms. The zero-order chi connectivity index (χ0) is 36.6. The highest BCUT2D eigenvalue weighted by atomic mass is 15.0. The van der Waals surface area contributed by atoms with Crippen molar-refractivity contribution in [3.05, 3.63) is 187 Å². The molecule has 0 atom stereocenters. The van der Waals surface area contributed by atoms with Gasteiger partial charge in [-0.05, 0) is 78.9 Å². The van der Waals surface area contributed by atoms with Crippen LogP contribution in [0.5, 0.6) is 0 Å². The zero-order valence-electron chi connectivity index (χ0n) is 29.5. The standard InChI is InChI=1S/C50H29N5/c51-30-32-24-27-47-41(28-32)38-15-4-6-17-42(38)53(47)34-26-25-33(31-52)40(29-34)37-14-3-9-20-45(37)55-46-21-10-5-16-39(46)50-48(22-11-23-49(50)55)54-43-18-7-1-12-35(43)36-13-2-8-19-44(36)54/h1-29H. The average Bonchev–Trinajstić information content (AvgIpc) is 3.89. The molecule has 0 aliphatic heterocycles. The van der Waals surface area contributed by atoms with Crippen molar-refractivity contribution < 1.29 is 0 Å². The monoisotopic (exact) mass is 699 g/mol. The van der Waals surface area contributed by atoms with Gasteiger partial charge in [0.25, 0.3) is 0 Å². The first-order valence-electron chi connectivity index (χ1n) is 18.3. The number of aromatic nitrogens is 3. The second-order valence-electron chi connectivity index (χ2n) is 13.9. The highest BCUT2D eigenvalue weighted by Gasteiger charge is 2.22. The topological polar surface area (TPSA) is 62.4 Å². The van der Waals surface area contributed by atoms with Crippen molar-refractivity contribution in [2.24, 2.45) is 0 Å². The number of nitriles is 2. The number of nitrogens with zero attached hydrogens (tertiary/aromatic N) is 5. The van der Waals surface area contributed by atoms with E-state index in [1.165, 1.54) is 10.8 Å². The molecule has 0 N–H and O–H groups in total. The van der Waals surface area contributed by atoms with Crippen LogP contribution in [0.25, 0.3) is 93.6 Å². The highest BCUT2D eigenvalue weighted by Crippen LogP contribution is 2.42. The molecule has 0 aliphatic carbocycles. The lowest BCUT2D eigenvalue weighted by molar-refractivity contribution is 1.16. The second-order valence-corrected chi connectivity index (χ2v) is 13.9. The van der Waals surface area contributed by atoms with Gasteiger partial charge in [0.1, 0.15) is 0 Å². The van der Waals surface area contributed by atoms with Crippen molar-refractivity contribution in [1.82, 2.24) is 13.7 Å². The lowest BCUT2D eigenvalue weighted by atomic mass is 9.97. The molecule has 55 heavy (non-hydrogen) atoms. The molecule has 0 spiro atoms. The molecule has 254 valence electrons. The molecule has 0 bridgehead atoms. The van der Waals surface area contributed by atoms with Gasteiger partial charge in [-0.1, -0.05) is 97.1 Å². The van der Waals surface area contributed by atoms with Crippen LogP contribution in [0, 0.1) is 22.7 Å². The molecule has 3 heterocycles. The van der Waals surface area contributed by atoms with Crippen LogP contribution in [-0.2, 0) is 0 Å². The molecular formula is C50H29N5. The largest absolute Gasteiger partial charge is 0.309 e. The van der Waals surface area contributed by atoms with Crippen LogP contribution in [0.3, 0.4) is 0 Å². The summed E-state index contributed by atoms with van der Waals surface area (Å²) in [5, 5.41) is 27.1. The van der Waals surface area contributed by atoms with Crippen LogP contribution < -0.4 is 0 Å². The quantitative estimate of drug-likeness (QED) is 0.184. The van der Waals surface area contributed by atoms with Crippen LogP contribution in [-0.4, -0.2) is 13.7 Å². The fourth-order valence-electron chi connectivity index (χ4n) is 8.84. The van der Waals surface area contributed by atoms with Gasteiger partial charge in [0.2, 0.25) is 0 Å². The van der Waals surface area contributed by atoms with Crippen molar-refractivity contribution in [2.45, 2.75) is 0 Å². The number of rotatable bonds is 4. The van der Waals surface area contributed by atoms with E-state index >= 15 is 0 Å². The van der Waals surface area contributed by atoms with Crippen molar-refractivity contribution in [1.29, 1.82) is 10.5 Å². The van der Waals surface area contributed by atoms with E-state index in [1.54, 1.807) is 0 Å². The van der Waals surface area contributed by atoms with Gasteiger partial charge in [-0.3, -0.25) is 0 Å². The summed E-state index contributed by atoms with van der Waals surface area (Å²) in [5.41, 5.74) is 12.6. The number of para-hydroxylation sites is 5. The Bertz CT molecular complexity index is 3420. The van der Waals surface area contributed by atoms with Crippen molar-refractivity contribution in [3.63, 3.8) is 0 Å². The normalized spacial score (nSPS) is 11.6. The maximum absolute atomic E-state index is 10.6. The van der Waals surface area contributed by atoms with Gasteiger partial charge in [-0.2, -0.15) is 10.5 Å². The third-order valence-electron chi connectivity index (χ3n) is 11.1.